The Morgan fingerprint density at radius 1 is 0.889 bits per heavy atom. The molecule has 1 saturated heterocycles. The molecule has 0 aromatic heterocycles. The molecule has 2 fully saturated rings. The Hall–Kier alpha value is -0.0400. The van der Waals surface area contributed by atoms with Crippen LogP contribution in [-0.4, -0.2) is 23.5 Å². The van der Waals surface area contributed by atoms with Crippen LogP contribution in [0.2, 0.25) is 0 Å². The van der Waals surface area contributed by atoms with Crippen molar-refractivity contribution < 1.29 is 0 Å². The molecule has 0 bridgehead atoms. The third kappa shape index (κ3) is 2.92. The first kappa shape index (κ1) is 14.4. The fraction of sp³-hybridized carbons (Fsp3) is 1.00. The number of nitrogens with zero attached hydrogens (tertiary/aromatic N) is 1. The molecule has 0 spiro atoms. The SMILES string of the molecule is CCC(CC)C1CC2CC2CCN1C(CC)CC. The van der Waals surface area contributed by atoms with Gasteiger partial charge in [0, 0.05) is 12.1 Å². The van der Waals surface area contributed by atoms with E-state index in [0.29, 0.717) is 0 Å². The summed E-state index contributed by atoms with van der Waals surface area (Å²) >= 11 is 0. The van der Waals surface area contributed by atoms with E-state index in [4.69, 9.17) is 0 Å². The van der Waals surface area contributed by atoms with Gasteiger partial charge in [-0.3, -0.25) is 4.90 Å². The van der Waals surface area contributed by atoms with Gasteiger partial charge < -0.3 is 0 Å². The minimum Gasteiger partial charge on any atom is -0.297 e. The fourth-order valence-electron chi connectivity index (χ4n) is 4.39. The van der Waals surface area contributed by atoms with Gasteiger partial charge in [-0.15, -0.1) is 0 Å². The maximum absolute atomic E-state index is 2.92. The average Bonchev–Trinajstić information content (AvgIpc) is 3.13. The Bertz CT molecular complexity index is 242. The number of hydrogen-bond donors (Lipinski definition) is 0. The Morgan fingerprint density at radius 2 is 1.56 bits per heavy atom. The first-order valence-corrected chi connectivity index (χ1v) is 8.50. The summed E-state index contributed by atoms with van der Waals surface area (Å²) in [4.78, 5) is 2.92. The van der Waals surface area contributed by atoms with Gasteiger partial charge in [-0.1, -0.05) is 40.5 Å². The Morgan fingerprint density at radius 3 is 2.11 bits per heavy atom. The lowest BCUT2D eigenvalue weighted by molar-refractivity contribution is 0.0778. The van der Waals surface area contributed by atoms with Gasteiger partial charge >= 0.3 is 0 Å². The van der Waals surface area contributed by atoms with Crippen molar-refractivity contribution in [2.75, 3.05) is 6.54 Å². The second kappa shape index (κ2) is 6.41. The smallest absolute Gasteiger partial charge is 0.0129 e. The molecule has 0 N–H and O–H groups in total. The summed E-state index contributed by atoms with van der Waals surface area (Å²) in [5.41, 5.74) is 0. The van der Waals surface area contributed by atoms with Crippen LogP contribution in [0.5, 0.6) is 0 Å². The van der Waals surface area contributed by atoms with Crippen LogP contribution in [0.15, 0.2) is 0 Å². The van der Waals surface area contributed by atoms with Gasteiger partial charge in [-0.25, -0.2) is 0 Å². The van der Waals surface area contributed by atoms with Crippen LogP contribution in [-0.2, 0) is 0 Å². The summed E-state index contributed by atoms with van der Waals surface area (Å²) in [6.07, 6.45) is 9.95. The Labute approximate surface area is 114 Å². The molecule has 1 heteroatoms. The molecule has 1 heterocycles. The number of likely N-dealkylation sites (tertiary alicyclic amines) is 1. The van der Waals surface area contributed by atoms with Crippen molar-refractivity contribution in [1.29, 1.82) is 0 Å². The topological polar surface area (TPSA) is 3.24 Å². The normalized spacial score (nSPS) is 32.7. The highest BCUT2D eigenvalue weighted by Gasteiger charge is 2.44. The lowest BCUT2D eigenvalue weighted by Crippen LogP contribution is -2.46. The van der Waals surface area contributed by atoms with Crippen molar-refractivity contribution in [2.24, 2.45) is 17.8 Å². The molecule has 1 aliphatic carbocycles. The highest BCUT2D eigenvalue weighted by molar-refractivity contribution is 4.97. The maximum Gasteiger partial charge on any atom is 0.0129 e. The molecule has 18 heavy (non-hydrogen) atoms. The molecule has 1 nitrogen and oxygen atoms in total. The standard InChI is InChI=1S/C17H33N/c1-5-13(6-2)17-12-15-11-14(15)9-10-18(17)16(7-3)8-4/h13-17H,5-12H2,1-4H3. The average molecular weight is 251 g/mol. The summed E-state index contributed by atoms with van der Waals surface area (Å²) in [5, 5.41) is 0. The molecule has 0 radical (unpaired) electrons. The summed E-state index contributed by atoms with van der Waals surface area (Å²) in [6.45, 7) is 10.9. The molecule has 0 aromatic rings. The van der Waals surface area contributed by atoms with Gasteiger partial charge in [0.05, 0.1) is 0 Å². The molecule has 0 amide bonds. The third-order valence-corrected chi connectivity index (χ3v) is 5.80. The van der Waals surface area contributed by atoms with Crippen LogP contribution >= 0.6 is 0 Å². The zero-order chi connectivity index (χ0) is 13.1. The van der Waals surface area contributed by atoms with Crippen LogP contribution in [0, 0.1) is 17.8 Å². The maximum atomic E-state index is 2.92. The first-order chi connectivity index (χ1) is 8.74. The van der Waals surface area contributed by atoms with E-state index in [2.05, 4.69) is 32.6 Å². The van der Waals surface area contributed by atoms with Crippen LogP contribution < -0.4 is 0 Å². The highest BCUT2D eigenvalue weighted by Crippen LogP contribution is 2.49. The second-order valence-electron chi connectivity index (χ2n) is 6.63. The summed E-state index contributed by atoms with van der Waals surface area (Å²) in [5.74, 6) is 3.13. The van der Waals surface area contributed by atoms with Crippen LogP contribution in [0.3, 0.4) is 0 Å². The molecular weight excluding hydrogens is 218 g/mol. The van der Waals surface area contributed by atoms with E-state index in [-0.39, 0.29) is 0 Å². The molecule has 2 rings (SSSR count). The highest BCUT2D eigenvalue weighted by atomic mass is 15.2. The molecular formula is C17H33N. The van der Waals surface area contributed by atoms with Crippen molar-refractivity contribution in [3.8, 4) is 0 Å². The summed E-state index contributed by atoms with van der Waals surface area (Å²) in [6, 6.07) is 1.73. The van der Waals surface area contributed by atoms with Crippen LogP contribution in [0.25, 0.3) is 0 Å². The summed E-state index contributed by atoms with van der Waals surface area (Å²) < 4.78 is 0. The first-order valence-electron chi connectivity index (χ1n) is 8.50. The van der Waals surface area contributed by atoms with Crippen molar-refractivity contribution in [1.82, 2.24) is 4.90 Å². The lowest BCUT2D eigenvalue weighted by atomic mass is 9.88. The minimum absolute atomic E-state index is 0.841. The zero-order valence-corrected chi connectivity index (χ0v) is 13.0. The molecule has 1 aliphatic heterocycles. The van der Waals surface area contributed by atoms with E-state index < -0.39 is 0 Å². The molecule has 2 aliphatic rings. The van der Waals surface area contributed by atoms with Crippen molar-refractivity contribution >= 4 is 0 Å². The van der Waals surface area contributed by atoms with Gasteiger partial charge in [-0.05, 0) is 56.4 Å². The number of fused-ring (bicyclic) bond motifs is 1. The van der Waals surface area contributed by atoms with E-state index in [1.54, 1.807) is 6.42 Å². The van der Waals surface area contributed by atoms with Crippen molar-refractivity contribution in [3.63, 3.8) is 0 Å². The van der Waals surface area contributed by atoms with Gasteiger partial charge in [0.25, 0.3) is 0 Å². The molecule has 3 unspecified atom stereocenters. The van der Waals surface area contributed by atoms with E-state index in [0.717, 1.165) is 29.8 Å². The second-order valence-corrected chi connectivity index (χ2v) is 6.63. The van der Waals surface area contributed by atoms with E-state index >= 15 is 0 Å². The molecule has 0 aromatic carbocycles. The Balaban J connectivity index is 2.11. The zero-order valence-electron chi connectivity index (χ0n) is 13.0. The third-order valence-electron chi connectivity index (χ3n) is 5.80. The van der Waals surface area contributed by atoms with Gasteiger partial charge in [0.1, 0.15) is 0 Å². The van der Waals surface area contributed by atoms with Crippen LogP contribution in [0.4, 0.5) is 0 Å². The Kier molecular flexibility index (Phi) is 5.12. The quantitative estimate of drug-likeness (QED) is 0.660. The van der Waals surface area contributed by atoms with E-state index in [9.17, 15) is 0 Å². The van der Waals surface area contributed by atoms with E-state index in [1.165, 1.54) is 45.1 Å². The molecule has 1 saturated carbocycles. The van der Waals surface area contributed by atoms with Crippen molar-refractivity contribution in [2.45, 2.75) is 84.7 Å². The monoisotopic (exact) mass is 251 g/mol. The number of hydrogen-bond acceptors (Lipinski definition) is 1. The van der Waals surface area contributed by atoms with E-state index in [1.807, 2.05) is 0 Å². The van der Waals surface area contributed by atoms with Gasteiger partial charge in [0.2, 0.25) is 0 Å². The van der Waals surface area contributed by atoms with Crippen LogP contribution in [0.1, 0.15) is 72.6 Å². The lowest BCUT2D eigenvalue weighted by Gasteiger charge is -2.41. The largest absolute Gasteiger partial charge is 0.297 e. The fourth-order valence-corrected chi connectivity index (χ4v) is 4.39. The van der Waals surface area contributed by atoms with Crippen molar-refractivity contribution in [3.05, 3.63) is 0 Å². The predicted molar refractivity (Wildman–Crippen MR) is 79.8 cm³/mol. The minimum atomic E-state index is 0.841. The predicted octanol–water partition coefficient (Wildman–Crippen LogP) is 4.71. The summed E-state index contributed by atoms with van der Waals surface area (Å²) in [7, 11) is 0. The molecule has 106 valence electrons. The number of rotatable bonds is 6. The van der Waals surface area contributed by atoms with Gasteiger partial charge in [0.15, 0.2) is 0 Å². The van der Waals surface area contributed by atoms with Gasteiger partial charge in [-0.2, -0.15) is 0 Å². The molecule has 3 atom stereocenters.